The van der Waals surface area contributed by atoms with Gasteiger partial charge in [-0.3, -0.25) is 4.79 Å². The molecule has 1 amide bonds. The first kappa shape index (κ1) is 19.7. The van der Waals surface area contributed by atoms with Crippen LogP contribution in [0.3, 0.4) is 0 Å². The zero-order valence-corrected chi connectivity index (χ0v) is 14.9. The van der Waals surface area contributed by atoms with Crippen LogP contribution in [0.25, 0.3) is 0 Å². The SMILES string of the molecule is CC(C)C1OCCC1CNC(=O)CC1(CN)CCCCC1.Cl. The first-order valence-corrected chi connectivity index (χ1v) is 8.65. The molecule has 0 radical (unpaired) electrons. The molecule has 2 aliphatic rings. The highest BCUT2D eigenvalue weighted by Crippen LogP contribution is 2.38. The minimum absolute atomic E-state index is 0. The third-order valence-corrected chi connectivity index (χ3v) is 5.36. The number of hydrogen-bond acceptors (Lipinski definition) is 3. The first-order valence-electron chi connectivity index (χ1n) is 8.65. The molecule has 2 atom stereocenters. The van der Waals surface area contributed by atoms with E-state index in [2.05, 4.69) is 19.2 Å². The van der Waals surface area contributed by atoms with E-state index >= 15 is 0 Å². The van der Waals surface area contributed by atoms with Crippen molar-refractivity contribution in [3.63, 3.8) is 0 Å². The zero-order chi connectivity index (χ0) is 15.3. The zero-order valence-electron chi connectivity index (χ0n) is 14.1. The van der Waals surface area contributed by atoms with Gasteiger partial charge in [0.15, 0.2) is 0 Å². The quantitative estimate of drug-likeness (QED) is 0.786. The van der Waals surface area contributed by atoms with Crippen molar-refractivity contribution in [2.24, 2.45) is 23.0 Å². The summed E-state index contributed by atoms with van der Waals surface area (Å²) < 4.78 is 5.78. The maximum Gasteiger partial charge on any atom is 0.220 e. The Labute approximate surface area is 141 Å². The smallest absolute Gasteiger partial charge is 0.220 e. The van der Waals surface area contributed by atoms with Crippen LogP contribution in [0, 0.1) is 17.3 Å². The third-order valence-electron chi connectivity index (χ3n) is 5.36. The molecule has 0 spiro atoms. The highest BCUT2D eigenvalue weighted by atomic mass is 35.5. The monoisotopic (exact) mass is 332 g/mol. The van der Waals surface area contributed by atoms with Crippen molar-refractivity contribution in [2.45, 2.75) is 64.9 Å². The number of rotatable bonds is 6. The topological polar surface area (TPSA) is 64.3 Å². The number of hydrogen-bond donors (Lipinski definition) is 2. The number of halogens is 1. The summed E-state index contributed by atoms with van der Waals surface area (Å²) in [6.45, 7) is 6.60. The predicted octanol–water partition coefficient (Wildman–Crippen LogP) is 2.88. The van der Waals surface area contributed by atoms with Crippen LogP contribution in [0.1, 0.15) is 58.8 Å². The Morgan fingerprint density at radius 2 is 2.00 bits per heavy atom. The van der Waals surface area contributed by atoms with E-state index in [9.17, 15) is 4.79 Å². The molecule has 1 aliphatic heterocycles. The van der Waals surface area contributed by atoms with E-state index in [1.807, 2.05) is 0 Å². The maximum atomic E-state index is 12.3. The highest BCUT2D eigenvalue weighted by Gasteiger charge is 2.34. The van der Waals surface area contributed by atoms with E-state index in [0.29, 0.717) is 30.9 Å². The van der Waals surface area contributed by atoms with Crippen LogP contribution < -0.4 is 11.1 Å². The number of ether oxygens (including phenoxy) is 1. The summed E-state index contributed by atoms with van der Waals surface area (Å²) in [7, 11) is 0. The average Bonchev–Trinajstić information content (AvgIpc) is 2.95. The van der Waals surface area contributed by atoms with Crippen molar-refractivity contribution in [1.29, 1.82) is 0 Å². The van der Waals surface area contributed by atoms with Crippen molar-refractivity contribution in [3.05, 3.63) is 0 Å². The molecule has 3 N–H and O–H groups in total. The van der Waals surface area contributed by atoms with E-state index in [4.69, 9.17) is 10.5 Å². The fourth-order valence-electron chi connectivity index (χ4n) is 4.01. The van der Waals surface area contributed by atoms with Crippen LogP contribution in [0.15, 0.2) is 0 Å². The van der Waals surface area contributed by atoms with Gasteiger partial charge in [0.05, 0.1) is 6.10 Å². The third kappa shape index (κ3) is 5.10. The van der Waals surface area contributed by atoms with Gasteiger partial charge in [0.25, 0.3) is 0 Å². The van der Waals surface area contributed by atoms with Crippen LogP contribution in [0.5, 0.6) is 0 Å². The number of nitrogens with two attached hydrogens (primary N) is 1. The largest absolute Gasteiger partial charge is 0.378 e. The van der Waals surface area contributed by atoms with Crippen LogP contribution in [-0.4, -0.2) is 31.7 Å². The average molecular weight is 333 g/mol. The number of carbonyl (C=O) groups is 1. The lowest BCUT2D eigenvalue weighted by molar-refractivity contribution is -0.124. The van der Waals surface area contributed by atoms with Crippen molar-refractivity contribution in [3.8, 4) is 0 Å². The summed E-state index contributed by atoms with van der Waals surface area (Å²) in [6.07, 6.45) is 7.90. The molecular formula is C17H33ClN2O2. The molecule has 2 fully saturated rings. The lowest BCUT2D eigenvalue weighted by Crippen LogP contribution is -2.41. The van der Waals surface area contributed by atoms with Crippen molar-refractivity contribution in [1.82, 2.24) is 5.32 Å². The van der Waals surface area contributed by atoms with Crippen molar-refractivity contribution in [2.75, 3.05) is 19.7 Å². The van der Waals surface area contributed by atoms with E-state index in [1.54, 1.807) is 0 Å². The predicted molar refractivity (Wildman–Crippen MR) is 92.1 cm³/mol. The molecule has 130 valence electrons. The summed E-state index contributed by atoms with van der Waals surface area (Å²) in [5.74, 6) is 1.16. The minimum Gasteiger partial charge on any atom is -0.378 e. The van der Waals surface area contributed by atoms with Gasteiger partial charge < -0.3 is 15.8 Å². The molecule has 1 heterocycles. The second-order valence-electron chi connectivity index (χ2n) is 7.37. The number of nitrogens with one attached hydrogen (secondary N) is 1. The van der Waals surface area contributed by atoms with Gasteiger partial charge in [-0.25, -0.2) is 0 Å². The van der Waals surface area contributed by atoms with Crippen LogP contribution in [0.2, 0.25) is 0 Å². The molecule has 2 rings (SSSR count). The van der Waals surface area contributed by atoms with Gasteiger partial charge in [-0.2, -0.15) is 0 Å². The van der Waals surface area contributed by atoms with Gasteiger partial charge in [-0.15, -0.1) is 12.4 Å². The minimum atomic E-state index is 0. The van der Waals surface area contributed by atoms with Crippen LogP contribution in [-0.2, 0) is 9.53 Å². The van der Waals surface area contributed by atoms with Gasteiger partial charge in [0.2, 0.25) is 5.91 Å². The normalized spacial score (nSPS) is 27.5. The van der Waals surface area contributed by atoms with Gasteiger partial charge in [-0.1, -0.05) is 33.1 Å². The van der Waals surface area contributed by atoms with E-state index in [1.165, 1.54) is 19.3 Å². The van der Waals surface area contributed by atoms with E-state index in [0.717, 1.165) is 32.4 Å². The van der Waals surface area contributed by atoms with Gasteiger partial charge in [-0.05, 0) is 37.1 Å². The second-order valence-corrected chi connectivity index (χ2v) is 7.37. The molecule has 22 heavy (non-hydrogen) atoms. The standard InChI is InChI=1S/C17H32N2O2.ClH/c1-13(2)16-14(6-9-21-16)11-19-15(20)10-17(12-18)7-4-3-5-8-17;/h13-14,16H,3-12,18H2,1-2H3,(H,19,20);1H. The molecule has 1 saturated carbocycles. The molecule has 0 bridgehead atoms. The first-order chi connectivity index (χ1) is 10.1. The van der Waals surface area contributed by atoms with Crippen molar-refractivity contribution < 1.29 is 9.53 Å². The van der Waals surface area contributed by atoms with Gasteiger partial charge in [0.1, 0.15) is 0 Å². The molecular weight excluding hydrogens is 300 g/mol. The lowest BCUT2D eigenvalue weighted by atomic mass is 9.71. The van der Waals surface area contributed by atoms with Crippen LogP contribution >= 0.6 is 12.4 Å². The Morgan fingerprint density at radius 3 is 2.59 bits per heavy atom. The molecule has 5 heteroatoms. The van der Waals surface area contributed by atoms with Gasteiger partial charge >= 0.3 is 0 Å². The maximum absolute atomic E-state index is 12.3. The summed E-state index contributed by atoms with van der Waals surface area (Å²) in [5.41, 5.74) is 6.03. The Hall–Kier alpha value is -0.320. The highest BCUT2D eigenvalue weighted by molar-refractivity contribution is 5.85. The summed E-state index contributed by atoms with van der Waals surface area (Å²) >= 11 is 0. The number of carbonyl (C=O) groups excluding carboxylic acids is 1. The Morgan fingerprint density at radius 1 is 1.32 bits per heavy atom. The molecule has 0 aromatic heterocycles. The summed E-state index contributed by atoms with van der Waals surface area (Å²) in [5, 5.41) is 3.14. The van der Waals surface area contributed by atoms with Crippen LogP contribution in [0.4, 0.5) is 0 Å². The molecule has 2 unspecified atom stereocenters. The van der Waals surface area contributed by atoms with Crippen molar-refractivity contribution >= 4 is 18.3 Å². The Kier molecular flexibility index (Phi) is 8.15. The second kappa shape index (κ2) is 9.09. The fourth-order valence-corrected chi connectivity index (χ4v) is 4.01. The fraction of sp³-hybridized carbons (Fsp3) is 0.941. The Balaban J connectivity index is 0.00000242. The molecule has 4 nitrogen and oxygen atoms in total. The van der Waals surface area contributed by atoms with E-state index in [-0.39, 0.29) is 23.7 Å². The van der Waals surface area contributed by atoms with Gasteiger partial charge in [0, 0.05) is 25.5 Å². The lowest BCUT2D eigenvalue weighted by Gasteiger charge is -2.35. The Bertz CT molecular complexity index is 344. The van der Waals surface area contributed by atoms with E-state index < -0.39 is 0 Å². The summed E-state index contributed by atoms with van der Waals surface area (Å²) in [6, 6.07) is 0. The molecule has 0 aromatic carbocycles. The molecule has 1 saturated heterocycles. The molecule has 1 aliphatic carbocycles. The summed E-state index contributed by atoms with van der Waals surface area (Å²) in [4.78, 5) is 12.3. The molecule has 0 aromatic rings. The number of amides is 1.